The number of halogens is 1. The fourth-order valence-electron chi connectivity index (χ4n) is 2.43. The van der Waals surface area contributed by atoms with Crippen molar-refractivity contribution in [3.05, 3.63) is 18.3 Å². The van der Waals surface area contributed by atoms with E-state index in [4.69, 9.17) is 5.73 Å². The molecule has 0 radical (unpaired) electrons. The number of H-pyrrole nitrogens is 1. The Labute approximate surface area is 112 Å². The van der Waals surface area contributed by atoms with E-state index in [2.05, 4.69) is 20.3 Å². The number of fused-ring (bicyclic) bond motifs is 1. The van der Waals surface area contributed by atoms with E-state index in [-0.39, 0.29) is 18.4 Å². The molecule has 2 atom stereocenters. The van der Waals surface area contributed by atoms with Crippen molar-refractivity contribution < 1.29 is 0 Å². The minimum atomic E-state index is 0. The first-order valence-electron chi connectivity index (χ1n) is 6.16. The standard InChI is InChI=1S/C12H17N5.ClH/c13-8-4-1-2-5-9(8)15-12-16-10-6-3-7-14-11(10)17-12;/h3,6-9H,1-2,4-5,13H2,(H2,14,15,16,17);1H. The van der Waals surface area contributed by atoms with E-state index in [1.165, 1.54) is 12.8 Å². The molecule has 0 bridgehead atoms. The highest BCUT2D eigenvalue weighted by molar-refractivity contribution is 5.85. The number of hydrogen-bond donors (Lipinski definition) is 3. The van der Waals surface area contributed by atoms with Crippen LogP contribution in [0.25, 0.3) is 11.2 Å². The second-order valence-electron chi connectivity index (χ2n) is 4.66. The van der Waals surface area contributed by atoms with Crippen LogP contribution < -0.4 is 11.1 Å². The summed E-state index contributed by atoms with van der Waals surface area (Å²) in [6.45, 7) is 0. The van der Waals surface area contributed by atoms with Gasteiger partial charge in [0.2, 0.25) is 5.95 Å². The van der Waals surface area contributed by atoms with Gasteiger partial charge in [-0.3, -0.25) is 0 Å². The van der Waals surface area contributed by atoms with E-state index in [1.807, 2.05) is 12.1 Å². The van der Waals surface area contributed by atoms with Gasteiger partial charge >= 0.3 is 0 Å². The molecule has 1 aliphatic carbocycles. The Kier molecular flexibility index (Phi) is 4.04. The van der Waals surface area contributed by atoms with Crippen molar-refractivity contribution in [1.29, 1.82) is 0 Å². The summed E-state index contributed by atoms with van der Waals surface area (Å²) in [5.74, 6) is 0.779. The van der Waals surface area contributed by atoms with Crippen molar-refractivity contribution in [3.8, 4) is 0 Å². The van der Waals surface area contributed by atoms with E-state index in [0.29, 0.717) is 6.04 Å². The van der Waals surface area contributed by atoms with Gasteiger partial charge in [0, 0.05) is 18.3 Å². The third kappa shape index (κ3) is 2.57. The summed E-state index contributed by atoms with van der Waals surface area (Å²) in [7, 11) is 0. The van der Waals surface area contributed by atoms with Gasteiger partial charge in [0.05, 0.1) is 5.52 Å². The highest BCUT2D eigenvalue weighted by Crippen LogP contribution is 2.20. The molecule has 4 N–H and O–H groups in total. The normalized spacial score (nSPS) is 23.6. The van der Waals surface area contributed by atoms with Crippen LogP contribution >= 0.6 is 12.4 Å². The van der Waals surface area contributed by atoms with E-state index in [9.17, 15) is 0 Å². The number of nitrogens with two attached hydrogens (primary N) is 1. The molecule has 1 fully saturated rings. The molecular formula is C12H18ClN5. The van der Waals surface area contributed by atoms with Crippen LogP contribution in [0.1, 0.15) is 25.7 Å². The molecule has 5 nitrogen and oxygen atoms in total. The lowest BCUT2D eigenvalue weighted by Gasteiger charge is -2.28. The Morgan fingerprint density at radius 1 is 1.33 bits per heavy atom. The van der Waals surface area contributed by atoms with Crippen LogP contribution in [-0.2, 0) is 0 Å². The Balaban J connectivity index is 0.00000120. The van der Waals surface area contributed by atoms with Crippen molar-refractivity contribution in [1.82, 2.24) is 15.0 Å². The Morgan fingerprint density at radius 3 is 2.94 bits per heavy atom. The van der Waals surface area contributed by atoms with Crippen LogP contribution in [0.5, 0.6) is 0 Å². The smallest absolute Gasteiger partial charge is 0.202 e. The van der Waals surface area contributed by atoms with Gasteiger partial charge in [-0.25, -0.2) is 4.98 Å². The highest BCUT2D eigenvalue weighted by Gasteiger charge is 2.22. The number of nitrogens with zero attached hydrogens (tertiary/aromatic N) is 2. The summed E-state index contributed by atoms with van der Waals surface area (Å²) >= 11 is 0. The molecule has 2 unspecified atom stereocenters. The van der Waals surface area contributed by atoms with E-state index < -0.39 is 0 Å². The second kappa shape index (κ2) is 5.54. The quantitative estimate of drug-likeness (QED) is 0.778. The third-order valence-electron chi connectivity index (χ3n) is 3.40. The van der Waals surface area contributed by atoms with E-state index >= 15 is 0 Å². The minimum absolute atomic E-state index is 0. The molecule has 0 aliphatic heterocycles. The van der Waals surface area contributed by atoms with Crippen LogP contribution in [0.3, 0.4) is 0 Å². The van der Waals surface area contributed by atoms with Crippen molar-refractivity contribution in [2.45, 2.75) is 37.8 Å². The number of aromatic amines is 1. The second-order valence-corrected chi connectivity index (χ2v) is 4.66. The van der Waals surface area contributed by atoms with E-state index in [0.717, 1.165) is 30.0 Å². The molecule has 6 heteroatoms. The number of nitrogens with one attached hydrogen (secondary N) is 2. The number of hydrogen-bond acceptors (Lipinski definition) is 4. The Hall–Kier alpha value is -1.33. The number of rotatable bonds is 2. The summed E-state index contributed by atoms with van der Waals surface area (Å²) in [4.78, 5) is 11.8. The molecule has 0 spiro atoms. The Morgan fingerprint density at radius 2 is 2.17 bits per heavy atom. The third-order valence-corrected chi connectivity index (χ3v) is 3.40. The van der Waals surface area contributed by atoms with Gasteiger partial charge in [-0.2, -0.15) is 4.98 Å². The first-order valence-corrected chi connectivity index (χ1v) is 6.16. The molecule has 0 saturated heterocycles. The molecule has 98 valence electrons. The highest BCUT2D eigenvalue weighted by atomic mass is 35.5. The maximum absolute atomic E-state index is 6.10. The maximum Gasteiger partial charge on any atom is 0.202 e. The first kappa shape index (κ1) is 13.1. The predicted molar refractivity (Wildman–Crippen MR) is 75.0 cm³/mol. The van der Waals surface area contributed by atoms with Gasteiger partial charge in [0.15, 0.2) is 5.65 Å². The minimum Gasteiger partial charge on any atom is -0.351 e. The lowest BCUT2D eigenvalue weighted by Crippen LogP contribution is -2.42. The fourth-order valence-corrected chi connectivity index (χ4v) is 2.43. The molecule has 1 aliphatic rings. The number of pyridine rings is 1. The fraction of sp³-hybridized carbons (Fsp3) is 0.500. The zero-order valence-electron chi connectivity index (χ0n) is 10.1. The molecule has 18 heavy (non-hydrogen) atoms. The topological polar surface area (TPSA) is 79.6 Å². The summed E-state index contributed by atoms with van der Waals surface area (Å²) in [5, 5.41) is 3.39. The van der Waals surface area contributed by atoms with Gasteiger partial charge in [0.25, 0.3) is 0 Å². The van der Waals surface area contributed by atoms with Crippen LogP contribution in [0.4, 0.5) is 5.95 Å². The van der Waals surface area contributed by atoms with Crippen molar-refractivity contribution in [2.75, 3.05) is 5.32 Å². The lowest BCUT2D eigenvalue weighted by atomic mass is 9.91. The Bertz CT molecular complexity index is 479. The molecule has 3 rings (SSSR count). The number of anilines is 1. The SMILES string of the molecule is Cl.NC1CCCCC1Nc1nc2ncccc2[nH]1. The monoisotopic (exact) mass is 267 g/mol. The zero-order chi connectivity index (χ0) is 11.7. The van der Waals surface area contributed by atoms with Gasteiger partial charge in [-0.05, 0) is 25.0 Å². The summed E-state index contributed by atoms with van der Waals surface area (Å²) < 4.78 is 0. The molecule has 0 aromatic carbocycles. The molecule has 0 amide bonds. The molecule has 2 aromatic rings. The van der Waals surface area contributed by atoms with Crippen molar-refractivity contribution >= 4 is 29.5 Å². The number of imidazole rings is 1. The first-order chi connectivity index (χ1) is 8.33. The average molecular weight is 268 g/mol. The summed E-state index contributed by atoms with van der Waals surface area (Å²) in [5.41, 5.74) is 7.81. The van der Waals surface area contributed by atoms with Crippen LogP contribution in [-0.4, -0.2) is 27.0 Å². The molecule has 1 saturated carbocycles. The average Bonchev–Trinajstić information content (AvgIpc) is 2.74. The largest absolute Gasteiger partial charge is 0.351 e. The van der Waals surface area contributed by atoms with Gasteiger partial charge in [0.1, 0.15) is 0 Å². The van der Waals surface area contributed by atoms with Gasteiger partial charge in [-0.1, -0.05) is 12.8 Å². The molecule has 2 heterocycles. The molecular weight excluding hydrogens is 250 g/mol. The van der Waals surface area contributed by atoms with Crippen LogP contribution in [0.15, 0.2) is 18.3 Å². The van der Waals surface area contributed by atoms with Crippen molar-refractivity contribution in [2.24, 2.45) is 5.73 Å². The van der Waals surface area contributed by atoms with Gasteiger partial charge in [-0.15, -0.1) is 12.4 Å². The lowest BCUT2D eigenvalue weighted by molar-refractivity contribution is 0.403. The number of aromatic nitrogens is 3. The van der Waals surface area contributed by atoms with E-state index in [1.54, 1.807) is 6.20 Å². The van der Waals surface area contributed by atoms with Gasteiger partial charge < -0.3 is 16.0 Å². The zero-order valence-corrected chi connectivity index (χ0v) is 10.9. The van der Waals surface area contributed by atoms with Crippen LogP contribution in [0.2, 0.25) is 0 Å². The summed E-state index contributed by atoms with van der Waals surface area (Å²) in [6.07, 6.45) is 6.44. The molecule has 2 aromatic heterocycles. The van der Waals surface area contributed by atoms with Crippen molar-refractivity contribution in [3.63, 3.8) is 0 Å². The maximum atomic E-state index is 6.10. The summed E-state index contributed by atoms with van der Waals surface area (Å²) in [6, 6.07) is 4.42. The van der Waals surface area contributed by atoms with Crippen LogP contribution in [0, 0.1) is 0 Å². The predicted octanol–water partition coefficient (Wildman–Crippen LogP) is 2.06.